The third-order valence-electron chi connectivity index (χ3n) is 2.58. The van der Waals surface area contributed by atoms with Gasteiger partial charge in [0.05, 0.1) is 5.52 Å². The maximum atomic E-state index is 4.62. The lowest BCUT2D eigenvalue weighted by molar-refractivity contribution is 0.997. The second kappa shape index (κ2) is 2.56. The van der Waals surface area contributed by atoms with Crippen molar-refractivity contribution < 1.29 is 0 Å². The Labute approximate surface area is 77.4 Å². The maximum Gasteiger partial charge on any atom is 0.0705 e. The third-order valence-corrected chi connectivity index (χ3v) is 2.58. The number of benzene rings is 1. The zero-order valence-corrected chi connectivity index (χ0v) is 7.33. The van der Waals surface area contributed by atoms with Crippen molar-refractivity contribution in [2.75, 3.05) is 0 Å². The summed E-state index contributed by atoms with van der Waals surface area (Å²) in [5.41, 5.74) is 3.72. The third kappa shape index (κ3) is 1.04. The monoisotopic (exact) mass is 168 g/mol. The number of pyridine rings is 1. The fourth-order valence-corrected chi connectivity index (χ4v) is 1.91. The Kier molecular flexibility index (Phi) is 1.39. The van der Waals surface area contributed by atoms with Crippen LogP contribution in [0.1, 0.15) is 17.7 Å². The summed E-state index contributed by atoms with van der Waals surface area (Å²) >= 11 is 0. The first-order valence-electron chi connectivity index (χ1n) is 4.65. The van der Waals surface area contributed by atoms with E-state index in [9.17, 15) is 0 Å². The zero-order valence-electron chi connectivity index (χ0n) is 7.33. The van der Waals surface area contributed by atoms with E-state index < -0.39 is 0 Å². The summed E-state index contributed by atoms with van der Waals surface area (Å²) in [7, 11) is 0. The molecule has 13 heavy (non-hydrogen) atoms. The Balaban J connectivity index is 2.36. The van der Waals surface area contributed by atoms with Gasteiger partial charge in [-0.2, -0.15) is 0 Å². The molecular formula is C12H10N. The van der Waals surface area contributed by atoms with Gasteiger partial charge in [-0.25, -0.2) is 0 Å². The molecule has 2 aromatic rings. The number of para-hydroxylation sites is 1. The summed E-state index contributed by atoms with van der Waals surface area (Å²) in [6, 6.07) is 10.5. The normalized spacial score (nSPS) is 14.8. The van der Waals surface area contributed by atoms with Gasteiger partial charge in [-0.05, 0) is 37.0 Å². The first-order chi connectivity index (χ1) is 6.43. The largest absolute Gasteiger partial charge is 0.253 e. The molecule has 0 atom stereocenters. The van der Waals surface area contributed by atoms with Gasteiger partial charge in [0.2, 0.25) is 0 Å². The van der Waals surface area contributed by atoms with Crippen molar-refractivity contribution in [1.82, 2.24) is 4.98 Å². The van der Waals surface area contributed by atoms with Gasteiger partial charge >= 0.3 is 0 Å². The van der Waals surface area contributed by atoms with Crippen LogP contribution < -0.4 is 0 Å². The molecule has 0 saturated carbocycles. The van der Waals surface area contributed by atoms with E-state index in [0.717, 1.165) is 18.4 Å². The first kappa shape index (κ1) is 7.07. The Morgan fingerprint density at radius 2 is 2.08 bits per heavy atom. The molecule has 0 fully saturated rings. The SMILES string of the molecule is [CH]1CCc2nc3ccccc3cc21. The summed E-state index contributed by atoms with van der Waals surface area (Å²) in [6.45, 7) is 0. The minimum atomic E-state index is 1.11. The lowest BCUT2D eigenvalue weighted by Crippen LogP contribution is -1.88. The van der Waals surface area contributed by atoms with E-state index in [2.05, 4.69) is 35.7 Å². The molecule has 1 radical (unpaired) electrons. The van der Waals surface area contributed by atoms with Crippen molar-refractivity contribution in [3.63, 3.8) is 0 Å². The van der Waals surface area contributed by atoms with Crippen LogP contribution in [0.2, 0.25) is 0 Å². The molecule has 0 bridgehead atoms. The van der Waals surface area contributed by atoms with E-state index in [1.807, 2.05) is 6.07 Å². The molecular weight excluding hydrogens is 158 g/mol. The van der Waals surface area contributed by atoms with Crippen molar-refractivity contribution in [3.05, 3.63) is 48.0 Å². The standard InChI is InChI=1S/C12H10N/c1-2-6-11-9(4-1)8-10-5-3-7-12(10)13-11/h1-2,4-6,8H,3,7H2. The lowest BCUT2D eigenvalue weighted by atomic mass is 10.1. The number of aromatic nitrogens is 1. The fraction of sp³-hybridized carbons (Fsp3) is 0.167. The molecule has 0 unspecified atom stereocenters. The van der Waals surface area contributed by atoms with Crippen LogP contribution in [0, 0.1) is 6.42 Å². The molecule has 0 spiro atoms. The lowest BCUT2D eigenvalue weighted by Gasteiger charge is -2.01. The highest BCUT2D eigenvalue weighted by Gasteiger charge is 2.12. The molecule has 0 amide bonds. The van der Waals surface area contributed by atoms with Crippen molar-refractivity contribution in [2.45, 2.75) is 12.8 Å². The number of hydrogen-bond acceptors (Lipinski definition) is 1. The number of fused-ring (bicyclic) bond motifs is 2. The maximum absolute atomic E-state index is 4.62. The summed E-state index contributed by atoms with van der Waals surface area (Å²) in [6.07, 6.45) is 4.54. The molecule has 1 aliphatic rings. The first-order valence-corrected chi connectivity index (χ1v) is 4.65. The number of aryl methyl sites for hydroxylation is 1. The van der Waals surface area contributed by atoms with E-state index in [0.29, 0.717) is 0 Å². The van der Waals surface area contributed by atoms with E-state index in [1.54, 1.807) is 0 Å². The molecule has 63 valence electrons. The van der Waals surface area contributed by atoms with Gasteiger partial charge in [-0.3, -0.25) is 4.98 Å². The van der Waals surface area contributed by atoms with Crippen LogP contribution in [-0.2, 0) is 6.42 Å². The Hall–Kier alpha value is -1.37. The highest BCUT2D eigenvalue weighted by Crippen LogP contribution is 2.25. The van der Waals surface area contributed by atoms with Crippen molar-refractivity contribution >= 4 is 10.9 Å². The zero-order chi connectivity index (χ0) is 8.67. The second-order valence-corrected chi connectivity index (χ2v) is 3.46. The molecule has 1 heteroatoms. The average molecular weight is 168 g/mol. The van der Waals surface area contributed by atoms with E-state index in [1.165, 1.54) is 16.6 Å². The van der Waals surface area contributed by atoms with Crippen LogP contribution in [0.5, 0.6) is 0 Å². The minimum Gasteiger partial charge on any atom is -0.253 e. The van der Waals surface area contributed by atoms with Crippen LogP contribution in [0.3, 0.4) is 0 Å². The Morgan fingerprint density at radius 1 is 1.15 bits per heavy atom. The Bertz CT molecular complexity index is 417. The summed E-state index contributed by atoms with van der Waals surface area (Å²) in [5, 5.41) is 1.25. The molecule has 0 saturated heterocycles. The van der Waals surface area contributed by atoms with Crippen LogP contribution in [0.4, 0.5) is 0 Å². The number of hydrogen-bond donors (Lipinski definition) is 0. The number of rotatable bonds is 0. The van der Waals surface area contributed by atoms with Gasteiger partial charge in [-0.1, -0.05) is 18.2 Å². The summed E-state index contributed by atoms with van der Waals surface area (Å²) in [4.78, 5) is 4.62. The van der Waals surface area contributed by atoms with Crippen LogP contribution in [0.25, 0.3) is 10.9 Å². The molecule has 3 rings (SSSR count). The van der Waals surface area contributed by atoms with Crippen molar-refractivity contribution in [1.29, 1.82) is 0 Å². The van der Waals surface area contributed by atoms with Crippen molar-refractivity contribution in [2.24, 2.45) is 0 Å². The van der Waals surface area contributed by atoms with E-state index in [-0.39, 0.29) is 0 Å². The molecule has 1 heterocycles. The van der Waals surface area contributed by atoms with Gasteiger partial charge < -0.3 is 0 Å². The van der Waals surface area contributed by atoms with Crippen LogP contribution >= 0.6 is 0 Å². The van der Waals surface area contributed by atoms with Gasteiger partial charge in [0.15, 0.2) is 0 Å². The molecule has 1 aromatic heterocycles. The highest BCUT2D eigenvalue weighted by molar-refractivity contribution is 5.80. The highest BCUT2D eigenvalue weighted by atomic mass is 14.7. The van der Waals surface area contributed by atoms with Gasteiger partial charge in [-0.15, -0.1) is 0 Å². The predicted octanol–water partition coefficient (Wildman–Crippen LogP) is 2.73. The van der Waals surface area contributed by atoms with Gasteiger partial charge in [0, 0.05) is 11.1 Å². The number of nitrogens with zero attached hydrogens (tertiary/aromatic N) is 1. The molecule has 1 nitrogen and oxygen atoms in total. The minimum absolute atomic E-state index is 1.11. The van der Waals surface area contributed by atoms with Crippen molar-refractivity contribution in [3.8, 4) is 0 Å². The molecule has 1 aromatic carbocycles. The van der Waals surface area contributed by atoms with Crippen LogP contribution in [0.15, 0.2) is 30.3 Å². The smallest absolute Gasteiger partial charge is 0.0705 e. The van der Waals surface area contributed by atoms with Gasteiger partial charge in [0.25, 0.3) is 0 Å². The van der Waals surface area contributed by atoms with E-state index in [4.69, 9.17) is 0 Å². The quantitative estimate of drug-likeness (QED) is 0.589. The average Bonchev–Trinajstić information content (AvgIpc) is 2.61. The summed E-state index contributed by atoms with van der Waals surface area (Å²) in [5.74, 6) is 0. The molecule has 1 aliphatic carbocycles. The topological polar surface area (TPSA) is 12.9 Å². The Morgan fingerprint density at radius 3 is 3.08 bits per heavy atom. The van der Waals surface area contributed by atoms with E-state index >= 15 is 0 Å². The summed E-state index contributed by atoms with van der Waals surface area (Å²) < 4.78 is 0. The van der Waals surface area contributed by atoms with Gasteiger partial charge in [0.1, 0.15) is 0 Å². The fourth-order valence-electron chi connectivity index (χ4n) is 1.91. The molecule has 0 aliphatic heterocycles. The van der Waals surface area contributed by atoms with Crippen LogP contribution in [-0.4, -0.2) is 4.98 Å². The second-order valence-electron chi connectivity index (χ2n) is 3.46. The molecule has 0 N–H and O–H groups in total. The predicted molar refractivity (Wildman–Crippen MR) is 53.5 cm³/mol.